The number of carbonyl (C=O) groups excluding carboxylic acids is 2. The zero-order valence-corrected chi connectivity index (χ0v) is 15.8. The summed E-state index contributed by atoms with van der Waals surface area (Å²) in [6.07, 6.45) is 0.0985. The number of nitrogens with one attached hydrogen (secondary N) is 1. The van der Waals surface area contributed by atoms with Crippen molar-refractivity contribution >= 4 is 17.5 Å². The molecule has 5 heteroatoms. The molecule has 2 aromatic carbocycles. The van der Waals surface area contributed by atoms with Gasteiger partial charge in [0.15, 0.2) is 0 Å². The number of hydrogen-bond donors (Lipinski definition) is 1. The Morgan fingerprint density at radius 3 is 2.31 bits per heavy atom. The molecular weight excluding hydrogens is 328 g/mol. The molecule has 138 valence electrons. The second kappa shape index (κ2) is 9.04. The van der Waals surface area contributed by atoms with Gasteiger partial charge in [-0.05, 0) is 56.7 Å². The maximum atomic E-state index is 12.3. The molecule has 0 saturated carbocycles. The molecule has 0 unspecified atom stereocenters. The first kappa shape index (κ1) is 19.5. The summed E-state index contributed by atoms with van der Waals surface area (Å²) in [6, 6.07) is 14.8. The lowest BCUT2D eigenvalue weighted by molar-refractivity contribution is -0.116. The Balaban J connectivity index is 1.97. The minimum Gasteiger partial charge on any atom is -0.491 e. The minimum absolute atomic E-state index is 0.0762. The van der Waals surface area contributed by atoms with Gasteiger partial charge >= 0.3 is 0 Å². The van der Waals surface area contributed by atoms with Gasteiger partial charge in [-0.2, -0.15) is 0 Å². The first-order valence-corrected chi connectivity index (χ1v) is 8.77. The summed E-state index contributed by atoms with van der Waals surface area (Å²) >= 11 is 0. The fourth-order valence-corrected chi connectivity index (χ4v) is 2.65. The van der Waals surface area contributed by atoms with Gasteiger partial charge in [0.2, 0.25) is 5.91 Å². The van der Waals surface area contributed by atoms with Gasteiger partial charge in [0.25, 0.3) is 5.91 Å². The summed E-state index contributed by atoms with van der Waals surface area (Å²) in [7, 11) is 0. The topological polar surface area (TPSA) is 58.6 Å². The zero-order valence-electron chi connectivity index (χ0n) is 15.8. The summed E-state index contributed by atoms with van der Waals surface area (Å²) in [6.45, 7) is 8.12. The van der Waals surface area contributed by atoms with E-state index in [-0.39, 0.29) is 17.9 Å². The van der Waals surface area contributed by atoms with Crippen molar-refractivity contribution in [1.82, 2.24) is 5.32 Å². The predicted molar refractivity (Wildman–Crippen MR) is 104 cm³/mol. The van der Waals surface area contributed by atoms with Gasteiger partial charge in [-0.1, -0.05) is 18.2 Å². The number of nitrogens with zero attached hydrogens (tertiary/aromatic N) is 1. The molecule has 5 nitrogen and oxygen atoms in total. The van der Waals surface area contributed by atoms with Crippen LogP contribution in [0.3, 0.4) is 0 Å². The number of benzene rings is 2. The third-order valence-electron chi connectivity index (χ3n) is 3.91. The lowest BCUT2D eigenvalue weighted by atomic mass is 10.1. The maximum Gasteiger partial charge on any atom is 0.251 e. The Labute approximate surface area is 155 Å². The average molecular weight is 354 g/mol. The van der Waals surface area contributed by atoms with Crippen LogP contribution < -0.4 is 15.0 Å². The van der Waals surface area contributed by atoms with E-state index in [4.69, 9.17) is 4.74 Å². The Hall–Kier alpha value is -2.82. The van der Waals surface area contributed by atoms with Crippen LogP contribution in [-0.2, 0) is 4.79 Å². The van der Waals surface area contributed by atoms with E-state index in [1.807, 2.05) is 63.2 Å². The van der Waals surface area contributed by atoms with Crippen molar-refractivity contribution < 1.29 is 14.3 Å². The third-order valence-corrected chi connectivity index (χ3v) is 3.91. The van der Waals surface area contributed by atoms with Gasteiger partial charge in [-0.25, -0.2) is 0 Å². The van der Waals surface area contributed by atoms with Gasteiger partial charge in [0.1, 0.15) is 5.75 Å². The Kier molecular flexibility index (Phi) is 6.78. The first-order valence-electron chi connectivity index (χ1n) is 8.77. The van der Waals surface area contributed by atoms with Crippen LogP contribution in [0.1, 0.15) is 36.7 Å². The number of rotatable bonds is 7. The van der Waals surface area contributed by atoms with Crippen molar-refractivity contribution in [3.8, 4) is 5.75 Å². The lowest BCUT2D eigenvalue weighted by Gasteiger charge is -2.22. The Morgan fingerprint density at radius 1 is 1.08 bits per heavy atom. The molecule has 1 N–H and O–H groups in total. The molecular formula is C21H26N2O3. The molecule has 2 amide bonds. The van der Waals surface area contributed by atoms with Crippen molar-refractivity contribution in [3.05, 3.63) is 59.7 Å². The van der Waals surface area contributed by atoms with E-state index < -0.39 is 0 Å². The smallest absolute Gasteiger partial charge is 0.251 e. The normalized spacial score (nSPS) is 10.5. The average Bonchev–Trinajstić information content (AvgIpc) is 2.59. The van der Waals surface area contributed by atoms with Gasteiger partial charge < -0.3 is 15.0 Å². The van der Waals surface area contributed by atoms with Crippen LogP contribution in [-0.4, -0.2) is 31.0 Å². The SMILES string of the molecule is CC(=O)N(CCNC(=O)c1ccccc1C)c1ccc(OC(C)C)cc1. The van der Waals surface area contributed by atoms with Crippen LogP contribution in [0.25, 0.3) is 0 Å². The quantitative estimate of drug-likeness (QED) is 0.827. The van der Waals surface area contributed by atoms with E-state index in [0.29, 0.717) is 18.7 Å². The molecule has 0 heterocycles. The summed E-state index contributed by atoms with van der Waals surface area (Å²) in [5.41, 5.74) is 2.35. The molecule has 0 fully saturated rings. The predicted octanol–water partition coefficient (Wildman–Crippen LogP) is 3.57. The lowest BCUT2D eigenvalue weighted by Crippen LogP contribution is -2.37. The third kappa shape index (κ3) is 5.34. The molecule has 0 aliphatic carbocycles. The van der Waals surface area contributed by atoms with Crippen LogP contribution in [0.15, 0.2) is 48.5 Å². The molecule has 0 atom stereocenters. The number of hydrogen-bond acceptors (Lipinski definition) is 3. The maximum absolute atomic E-state index is 12.3. The second-order valence-corrected chi connectivity index (χ2v) is 6.40. The molecule has 2 rings (SSSR count). The second-order valence-electron chi connectivity index (χ2n) is 6.40. The van der Waals surface area contributed by atoms with Crippen molar-refractivity contribution in [1.29, 1.82) is 0 Å². The largest absolute Gasteiger partial charge is 0.491 e. The zero-order chi connectivity index (χ0) is 19.1. The van der Waals surface area contributed by atoms with Crippen molar-refractivity contribution in [2.45, 2.75) is 33.8 Å². The van der Waals surface area contributed by atoms with Gasteiger partial charge in [0, 0.05) is 31.3 Å². The van der Waals surface area contributed by atoms with E-state index in [0.717, 1.165) is 17.0 Å². The number of carbonyl (C=O) groups is 2. The van der Waals surface area contributed by atoms with Crippen molar-refractivity contribution in [2.75, 3.05) is 18.0 Å². The van der Waals surface area contributed by atoms with Crippen LogP contribution in [0.4, 0.5) is 5.69 Å². The van der Waals surface area contributed by atoms with Crippen molar-refractivity contribution in [3.63, 3.8) is 0 Å². The number of amides is 2. The highest BCUT2D eigenvalue weighted by molar-refractivity contribution is 5.96. The minimum atomic E-state index is -0.132. The molecule has 0 saturated heterocycles. The van der Waals surface area contributed by atoms with Gasteiger partial charge in [-0.15, -0.1) is 0 Å². The highest BCUT2D eigenvalue weighted by Gasteiger charge is 2.13. The van der Waals surface area contributed by atoms with E-state index in [1.165, 1.54) is 6.92 Å². The van der Waals surface area contributed by atoms with E-state index in [1.54, 1.807) is 11.0 Å². The van der Waals surface area contributed by atoms with Crippen LogP contribution in [0.2, 0.25) is 0 Å². The van der Waals surface area contributed by atoms with Gasteiger partial charge in [-0.3, -0.25) is 9.59 Å². The summed E-state index contributed by atoms with van der Waals surface area (Å²) < 4.78 is 5.62. The number of aryl methyl sites for hydroxylation is 1. The van der Waals surface area contributed by atoms with E-state index in [9.17, 15) is 9.59 Å². The van der Waals surface area contributed by atoms with Crippen LogP contribution >= 0.6 is 0 Å². The van der Waals surface area contributed by atoms with E-state index >= 15 is 0 Å². The van der Waals surface area contributed by atoms with Crippen molar-refractivity contribution in [2.24, 2.45) is 0 Å². The number of anilines is 1. The first-order chi connectivity index (χ1) is 12.4. The molecule has 26 heavy (non-hydrogen) atoms. The molecule has 0 aromatic heterocycles. The Bertz CT molecular complexity index is 754. The highest BCUT2D eigenvalue weighted by Crippen LogP contribution is 2.20. The number of ether oxygens (including phenoxy) is 1. The molecule has 0 radical (unpaired) electrons. The summed E-state index contributed by atoms with van der Waals surface area (Å²) in [5, 5.41) is 2.87. The summed E-state index contributed by atoms with van der Waals surface area (Å²) in [5.74, 6) is 0.556. The highest BCUT2D eigenvalue weighted by atomic mass is 16.5. The molecule has 0 aliphatic heterocycles. The van der Waals surface area contributed by atoms with Gasteiger partial charge in [0.05, 0.1) is 6.10 Å². The fraction of sp³-hybridized carbons (Fsp3) is 0.333. The monoisotopic (exact) mass is 354 g/mol. The molecule has 2 aromatic rings. The summed E-state index contributed by atoms with van der Waals surface area (Å²) in [4.78, 5) is 25.9. The standard InChI is InChI=1S/C21H26N2O3/c1-15(2)26-19-11-9-18(10-12-19)23(17(4)24)14-13-22-21(25)20-8-6-5-7-16(20)3/h5-12,15H,13-14H2,1-4H3,(H,22,25). The molecule has 0 spiro atoms. The Morgan fingerprint density at radius 2 is 1.73 bits per heavy atom. The van der Waals surface area contributed by atoms with E-state index in [2.05, 4.69) is 5.32 Å². The fourth-order valence-electron chi connectivity index (χ4n) is 2.65. The van der Waals surface area contributed by atoms with Crippen LogP contribution in [0, 0.1) is 6.92 Å². The van der Waals surface area contributed by atoms with Crippen LogP contribution in [0.5, 0.6) is 5.75 Å². The molecule has 0 aliphatic rings. The molecule has 0 bridgehead atoms.